The Kier molecular flexibility index (Phi) is 6.93. The van der Waals surface area contributed by atoms with Gasteiger partial charge < -0.3 is 15.8 Å². The molecule has 1 aliphatic carbocycles. The summed E-state index contributed by atoms with van der Waals surface area (Å²) >= 11 is 0. The van der Waals surface area contributed by atoms with Gasteiger partial charge in [-0.1, -0.05) is 23.8 Å². The van der Waals surface area contributed by atoms with Crippen LogP contribution in [-0.4, -0.2) is 39.9 Å². The van der Waals surface area contributed by atoms with Gasteiger partial charge in [0.1, 0.15) is 22.6 Å². The fourth-order valence-corrected chi connectivity index (χ4v) is 4.49. The van der Waals surface area contributed by atoms with Crippen molar-refractivity contribution in [3.05, 3.63) is 71.3 Å². The number of hydrogen-bond donors (Lipinski definition) is 2. The van der Waals surface area contributed by atoms with Crippen molar-refractivity contribution in [2.75, 3.05) is 18.9 Å². The zero-order valence-electron chi connectivity index (χ0n) is 20.4. The normalized spacial score (nSPS) is 13.9. The van der Waals surface area contributed by atoms with Crippen molar-refractivity contribution in [1.82, 2.24) is 20.0 Å². The van der Waals surface area contributed by atoms with Gasteiger partial charge in [-0.3, -0.25) is 4.79 Å². The average molecular weight is 483 g/mol. The molecule has 2 aromatic carbocycles. The summed E-state index contributed by atoms with van der Waals surface area (Å²) in [5, 5.41) is 7.60. The molecule has 0 radical (unpaired) electrons. The molecule has 0 spiro atoms. The average Bonchev–Trinajstić information content (AvgIpc) is 3.17. The Morgan fingerprint density at radius 1 is 1.14 bits per heavy atom. The number of nitrogens with zero attached hydrogens (tertiary/aromatic N) is 4. The van der Waals surface area contributed by atoms with E-state index in [9.17, 15) is 4.79 Å². The highest BCUT2D eigenvalue weighted by atomic mass is 16.5. The van der Waals surface area contributed by atoms with Gasteiger partial charge in [0, 0.05) is 6.54 Å². The number of carbonyl (C=O) groups excluding carboxylic acids is 1. The molecule has 2 heterocycles. The molecule has 0 unspecified atom stereocenters. The second kappa shape index (κ2) is 10.6. The summed E-state index contributed by atoms with van der Waals surface area (Å²) in [6.07, 6.45) is 9.51. The Balaban J connectivity index is 1.48. The number of fused-ring (bicyclic) bond motifs is 2. The second-order valence-electron chi connectivity index (χ2n) is 8.82. The van der Waals surface area contributed by atoms with Crippen molar-refractivity contribution in [2.24, 2.45) is 5.10 Å². The molecule has 0 saturated heterocycles. The van der Waals surface area contributed by atoms with Gasteiger partial charge in [-0.05, 0) is 81.0 Å². The summed E-state index contributed by atoms with van der Waals surface area (Å²) in [6.45, 7) is 3.10. The number of hydrogen-bond acceptors (Lipinski definition) is 6. The highest BCUT2D eigenvalue weighted by molar-refractivity contribution is 6.10. The predicted molar refractivity (Wildman–Crippen MR) is 144 cm³/mol. The molecule has 8 nitrogen and oxygen atoms in total. The Labute approximate surface area is 209 Å². The van der Waals surface area contributed by atoms with Gasteiger partial charge in [-0.25, -0.2) is 9.97 Å². The van der Waals surface area contributed by atoms with Crippen molar-refractivity contribution in [2.45, 2.75) is 39.0 Å². The lowest BCUT2D eigenvalue weighted by atomic mass is 9.97. The third-order valence-electron chi connectivity index (χ3n) is 6.33. The number of para-hydroxylation sites is 2. The van der Waals surface area contributed by atoms with E-state index in [1.54, 1.807) is 6.21 Å². The minimum absolute atomic E-state index is 0.205. The van der Waals surface area contributed by atoms with Crippen LogP contribution in [0.4, 0.5) is 5.82 Å². The second-order valence-corrected chi connectivity index (χ2v) is 8.82. The fraction of sp³-hybridized carbons (Fsp3) is 0.286. The minimum Gasteiger partial charge on any atom is -0.494 e. The summed E-state index contributed by atoms with van der Waals surface area (Å²) in [6, 6.07) is 15.1. The quantitative estimate of drug-likeness (QED) is 0.269. The number of benzene rings is 2. The van der Waals surface area contributed by atoms with E-state index in [0.717, 1.165) is 30.6 Å². The summed E-state index contributed by atoms with van der Waals surface area (Å²) < 4.78 is 7.00. The summed E-state index contributed by atoms with van der Waals surface area (Å²) in [4.78, 5) is 22.8. The van der Waals surface area contributed by atoms with Gasteiger partial charge in [0.25, 0.3) is 5.91 Å². The van der Waals surface area contributed by atoms with Crippen LogP contribution in [0, 0.1) is 0 Å². The SMILES string of the molecule is CCOc1ccc(/C=N\n2c(N)c(C(=O)NCCC3=CCCCC3)c3nc4ccccc4nc32)cc1. The van der Waals surface area contributed by atoms with Crippen LogP contribution in [0.5, 0.6) is 5.75 Å². The summed E-state index contributed by atoms with van der Waals surface area (Å²) in [7, 11) is 0. The first-order valence-corrected chi connectivity index (χ1v) is 12.4. The molecule has 0 atom stereocenters. The van der Waals surface area contributed by atoms with Crippen LogP contribution >= 0.6 is 0 Å². The van der Waals surface area contributed by atoms with Crippen molar-refractivity contribution in [3.63, 3.8) is 0 Å². The zero-order chi connectivity index (χ0) is 24.9. The van der Waals surface area contributed by atoms with Gasteiger partial charge in [0.2, 0.25) is 0 Å². The van der Waals surface area contributed by atoms with Gasteiger partial charge in [0.05, 0.1) is 23.9 Å². The van der Waals surface area contributed by atoms with Crippen LogP contribution in [0.3, 0.4) is 0 Å². The molecular formula is C28H30N6O2. The highest BCUT2D eigenvalue weighted by Crippen LogP contribution is 2.28. The number of aromatic nitrogens is 3. The smallest absolute Gasteiger partial charge is 0.257 e. The highest BCUT2D eigenvalue weighted by Gasteiger charge is 2.24. The van der Waals surface area contributed by atoms with Crippen LogP contribution in [0.15, 0.2) is 65.3 Å². The van der Waals surface area contributed by atoms with E-state index in [2.05, 4.69) is 16.5 Å². The number of anilines is 1. The number of carbonyl (C=O) groups is 1. The van der Waals surface area contributed by atoms with E-state index in [4.69, 9.17) is 20.4 Å². The number of nitrogen functional groups attached to an aromatic ring is 1. The number of ether oxygens (including phenoxy) is 1. The molecule has 0 fully saturated rings. The number of nitrogens with one attached hydrogen (secondary N) is 1. The molecule has 1 amide bonds. The molecule has 0 saturated carbocycles. The monoisotopic (exact) mass is 482 g/mol. The van der Waals surface area contributed by atoms with E-state index in [1.807, 2.05) is 55.5 Å². The number of rotatable bonds is 8. The lowest BCUT2D eigenvalue weighted by molar-refractivity contribution is 0.0956. The van der Waals surface area contributed by atoms with Crippen LogP contribution in [0.1, 0.15) is 54.9 Å². The molecule has 8 heteroatoms. The van der Waals surface area contributed by atoms with E-state index in [-0.39, 0.29) is 11.7 Å². The lowest BCUT2D eigenvalue weighted by Crippen LogP contribution is -2.25. The van der Waals surface area contributed by atoms with Crippen LogP contribution in [-0.2, 0) is 0 Å². The lowest BCUT2D eigenvalue weighted by Gasteiger charge is -2.12. The van der Waals surface area contributed by atoms with Crippen molar-refractivity contribution >= 4 is 40.1 Å². The Morgan fingerprint density at radius 3 is 2.64 bits per heavy atom. The van der Waals surface area contributed by atoms with E-state index in [1.165, 1.54) is 23.1 Å². The molecule has 184 valence electrons. The molecule has 0 bridgehead atoms. The first-order valence-electron chi connectivity index (χ1n) is 12.4. The third-order valence-corrected chi connectivity index (χ3v) is 6.33. The van der Waals surface area contributed by atoms with Gasteiger partial charge in [-0.15, -0.1) is 0 Å². The Hall–Kier alpha value is -4.20. The largest absolute Gasteiger partial charge is 0.494 e. The van der Waals surface area contributed by atoms with Crippen molar-refractivity contribution < 1.29 is 9.53 Å². The number of nitrogens with two attached hydrogens (primary N) is 1. The van der Waals surface area contributed by atoms with Gasteiger partial charge in [0.15, 0.2) is 5.65 Å². The standard InChI is InChI=1S/C28H30N6O2/c1-2-36-21-14-12-20(13-15-21)18-31-34-26(29)24(28(35)30-17-16-19-8-4-3-5-9-19)25-27(34)33-23-11-7-6-10-22(23)32-25/h6-8,10-15,18H,2-5,9,16-17,29H2,1H3,(H,30,35)/b31-18-. The summed E-state index contributed by atoms with van der Waals surface area (Å²) in [5.74, 6) is 0.728. The first kappa shape index (κ1) is 23.5. The molecule has 1 aliphatic rings. The molecule has 2 aromatic heterocycles. The number of allylic oxidation sites excluding steroid dienone is 1. The van der Waals surface area contributed by atoms with Gasteiger partial charge >= 0.3 is 0 Å². The molecule has 4 aromatic rings. The number of amides is 1. The third kappa shape index (κ3) is 4.93. The maximum absolute atomic E-state index is 13.3. The minimum atomic E-state index is -0.270. The van der Waals surface area contributed by atoms with Crippen LogP contribution in [0.25, 0.3) is 22.2 Å². The van der Waals surface area contributed by atoms with E-state index < -0.39 is 0 Å². The molecule has 3 N–H and O–H groups in total. The molecular weight excluding hydrogens is 452 g/mol. The summed E-state index contributed by atoms with van der Waals surface area (Å²) in [5.41, 5.74) is 11.3. The zero-order valence-corrected chi connectivity index (χ0v) is 20.4. The van der Waals surface area contributed by atoms with E-state index in [0.29, 0.717) is 40.9 Å². The van der Waals surface area contributed by atoms with Gasteiger partial charge in [-0.2, -0.15) is 9.78 Å². The maximum atomic E-state index is 13.3. The Morgan fingerprint density at radius 2 is 1.92 bits per heavy atom. The Bertz CT molecular complexity index is 1450. The predicted octanol–water partition coefficient (Wildman–Crippen LogP) is 5.07. The maximum Gasteiger partial charge on any atom is 0.257 e. The first-order chi connectivity index (χ1) is 17.6. The fourth-order valence-electron chi connectivity index (χ4n) is 4.49. The molecule has 0 aliphatic heterocycles. The van der Waals surface area contributed by atoms with E-state index >= 15 is 0 Å². The van der Waals surface area contributed by atoms with Crippen molar-refractivity contribution in [3.8, 4) is 5.75 Å². The van der Waals surface area contributed by atoms with Crippen LogP contribution in [0.2, 0.25) is 0 Å². The molecule has 36 heavy (non-hydrogen) atoms. The molecule has 5 rings (SSSR count). The van der Waals surface area contributed by atoms with Crippen LogP contribution < -0.4 is 15.8 Å². The van der Waals surface area contributed by atoms with Crippen molar-refractivity contribution in [1.29, 1.82) is 0 Å². The topological polar surface area (TPSA) is 107 Å².